The molecule has 1 atom stereocenters. The van der Waals surface area contributed by atoms with E-state index in [1.165, 1.54) is 11.3 Å². The van der Waals surface area contributed by atoms with Gasteiger partial charge in [0.15, 0.2) is 5.76 Å². The first-order chi connectivity index (χ1) is 17.5. The predicted molar refractivity (Wildman–Crippen MR) is 141 cm³/mol. The van der Waals surface area contributed by atoms with Crippen LogP contribution in [0.2, 0.25) is 0 Å². The second kappa shape index (κ2) is 10.0. The molecule has 5 rings (SSSR count). The van der Waals surface area contributed by atoms with Crippen molar-refractivity contribution in [2.45, 2.75) is 19.4 Å². The standard InChI is InChI=1S/C29H26N2O4S/c1-18-27(36-28(30-18)20-11-4-3-5-12-20)25(32)23-24(31(16-9-17-35-2)29(34)26(23)33)22-15-8-13-19-10-6-7-14-21(19)22/h3-8,10-15,24,33H,9,16-17H2,1-2H3. The number of aliphatic hydroxyl groups excluding tert-OH is 1. The highest BCUT2D eigenvalue weighted by atomic mass is 32.1. The number of ether oxygens (including phenoxy) is 1. The van der Waals surface area contributed by atoms with Gasteiger partial charge in [0.25, 0.3) is 5.91 Å². The van der Waals surface area contributed by atoms with Crippen LogP contribution in [0.25, 0.3) is 21.3 Å². The average Bonchev–Trinajstić information content (AvgIpc) is 3.41. The fraction of sp³-hybridized carbons (Fsp3) is 0.207. The Morgan fingerprint density at radius 2 is 1.78 bits per heavy atom. The lowest BCUT2D eigenvalue weighted by Gasteiger charge is -2.27. The Kier molecular flexibility index (Phi) is 6.67. The summed E-state index contributed by atoms with van der Waals surface area (Å²) >= 11 is 1.28. The molecule has 0 spiro atoms. The Bertz CT molecular complexity index is 1470. The maximum atomic E-state index is 14.0. The number of thiazole rings is 1. The van der Waals surface area contributed by atoms with E-state index in [1.807, 2.05) is 72.8 Å². The third-order valence-electron chi connectivity index (χ3n) is 6.44. The summed E-state index contributed by atoms with van der Waals surface area (Å²) in [7, 11) is 1.61. The van der Waals surface area contributed by atoms with Crippen LogP contribution < -0.4 is 0 Å². The van der Waals surface area contributed by atoms with Crippen LogP contribution in [0.15, 0.2) is 84.1 Å². The van der Waals surface area contributed by atoms with Crippen LogP contribution in [-0.2, 0) is 9.53 Å². The van der Waals surface area contributed by atoms with Gasteiger partial charge in [0.2, 0.25) is 5.78 Å². The molecule has 7 heteroatoms. The molecule has 1 aromatic heterocycles. The van der Waals surface area contributed by atoms with Crippen LogP contribution in [0.1, 0.15) is 33.4 Å². The van der Waals surface area contributed by atoms with Gasteiger partial charge >= 0.3 is 0 Å². The van der Waals surface area contributed by atoms with Gasteiger partial charge in [-0.05, 0) is 29.7 Å². The summed E-state index contributed by atoms with van der Waals surface area (Å²) in [5, 5.41) is 13.7. The van der Waals surface area contributed by atoms with E-state index < -0.39 is 17.7 Å². The summed E-state index contributed by atoms with van der Waals surface area (Å²) in [4.78, 5) is 33.9. The molecule has 3 aromatic carbocycles. The largest absolute Gasteiger partial charge is 0.503 e. The number of rotatable bonds is 8. The molecule has 182 valence electrons. The molecule has 0 aliphatic carbocycles. The number of hydrogen-bond acceptors (Lipinski definition) is 6. The minimum atomic E-state index is -0.713. The summed E-state index contributed by atoms with van der Waals surface area (Å²) in [6, 6.07) is 22.6. The van der Waals surface area contributed by atoms with Crippen LogP contribution in [0.4, 0.5) is 0 Å². The highest BCUT2D eigenvalue weighted by molar-refractivity contribution is 7.17. The van der Waals surface area contributed by atoms with Crippen molar-refractivity contribution in [3.05, 3.63) is 100 Å². The van der Waals surface area contributed by atoms with Gasteiger partial charge in [-0.1, -0.05) is 72.8 Å². The number of aryl methyl sites for hydroxylation is 1. The Morgan fingerprint density at radius 1 is 1.06 bits per heavy atom. The number of benzene rings is 3. The van der Waals surface area contributed by atoms with E-state index >= 15 is 0 Å². The molecule has 1 amide bonds. The summed E-state index contributed by atoms with van der Waals surface area (Å²) in [6.45, 7) is 2.59. The number of amides is 1. The molecule has 0 saturated carbocycles. The van der Waals surface area contributed by atoms with Gasteiger partial charge in [0.05, 0.1) is 22.2 Å². The highest BCUT2D eigenvalue weighted by Crippen LogP contribution is 2.43. The molecule has 1 unspecified atom stereocenters. The van der Waals surface area contributed by atoms with Gasteiger partial charge < -0.3 is 14.7 Å². The van der Waals surface area contributed by atoms with Gasteiger partial charge in [-0.3, -0.25) is 9.59 Å². The predicted octanol–water partition coefficient (Wildman–Crippen LogP) is 5.89. The smallest absolute Gasteiger partial charge is 0.290 e. The third kappa shape index (κ3) is 4.21. The first-order valence-electron chi connectivity index (χ1n) is 11.8. The zero-order chi connectivity index (χ0) is 25.2. The fourth-order valence-corrected chi connectivity index (χ4v) is 5.77. The first kappa shape index (κ1) is 23.9. The molecule has 0 fully saturated rings. The van der Waals surface area contributed by atoms with Gasteiger partial charge in [0.1, 0.15) is 5.01 Å². The third-order valence-corrected chi connectivity index (χ3v) is 7.64. The molecule has 6 nitrogen and oxygen atoms in total. The van der Waals surface area contributed by atoms with Gasteiger partial charge in [-0.25, -0.2) is 4.98 Å². The van der Waals surface area contributed by atoms with Crippen molar-refractivity contribution < 1.29 is 19.4 Å². The number of carbonyl (C=O) groups is 2. The van der Waals surface area contributed by atoms with Crippen molar-refractivity contribution in [2.24, 2.45) is 0 Å². The van der Waals surface area contributed by atoms with E-state index in [1.54, 1.807) is 18.9 Å². The Balaban J connectivity index is 1.62. The monoisotopic (exact) mass is 498 g/mol. The number of nitrogens with zero attached hydrogens (tertiary/aromatic N) is 2. The molecular formula is C29H26N2O4S. The van der Waals surface area contributed by atoms with Crippen molar-refractivity contribution in [1.82, 2.24) is 9.88 Å². The van der Waals surface area contributed by atoms with Crippen molar-refractivity contribution in [1.29, 1.82) is 0 Å². The van der Waals surface area contributed by atoms with E-state index in [9.17, 15) is 14.7 Å². The van der Waals surface area contributed by atoms with Crippen LogP contribution in [0, 0.1) is 6.92 Å². The Hall–Kier alpha value is -3.81. The lowest BCUT2D eigenvalue weighted by atomic mass is 9.91. The average molecular weight is 499 g/mol. The minimum absolute atomic E-state index is 0.0973. The number of hydrogen-bond donors (Lipinski definition) is 1. The van der Waals surface area contributed by atoms with Crippen LogP contribution >= 0.6 is 11.3 Å². The number of carbonyl (C=O) groups excluding carboxylic acids is 2. The van der Waals surface area contributed by atoms with E-state index in [2.05, 4.69) is 4.98 Å². The summed E-state index contributed by atoms with van der Waals surface area (Å²) in [6.07, 6.45) is 0.579. The molecule has 0 radical (unpaired) electrons. The molecule has 0 saturated heterocycles. The van der Waals surface area contributed by atoms with Crippen molar-refractivity contribution in [3.63, 3.8) is 0 Å². The molecule has 0 bridgehead atoms. The molecule has 1 aliphatic rings. The maximum Gasteiger partial charge on any atom is 0.290 e. The number of ketones is 1. The molecule has 36 heavy (non-hydrogen) atoms. The number of methoxy groups -OCH3 is 1. The van der Waals surface area contributed by atoms with Crippen LogP contribution in [0.3, 0.4) is 0 Å². The Morgan fingerprint density at radius 3 is 2.56 bits per heavy atom. The maximum absolute atomic E-state index is 14.0. The van der Waals surface area contributed by atoms with Crippen molar-refractivity contribution in [2.75, 3.05) is 20.3 Å². The van der Waals surface area contributed by atoms with Gasteiger partial charge in [-0.15, -0.1) is 11.3 Å². The minimum Gasteiger partial charge on any atom is -0.503 e. The topological polar surface area (TPSA) is 79.7 Å². The van der Waals surface area contributed by atoms with Gasteiger partial charge in [0, 0.05) is 25.8 Å². The van der Waals surface area contributed by atoms with E-state index in [-0.39, 0.29) is 11.4 Å². The summed E-state index contributed by atoms with van der Waals surface area (Å²) in [5.41, 5.74) is 2.39. The fourth-order valence-electron chi connectivity index (χ4n) is 4.74. The van der Waals surface area contributed by atoms with E-state index in [4.69, 9.17) is 4.74 Å². The second-order valence-electron chi connectivity index (χ2n) is 8.71. The molecule has 4 aromatic rings. The lowest BCUT2D eigenvalue weighted by molar-refractivity contribution is -0.129. The highest BCUT2D eigenvalue weighted by Gasteiger charge is 2.44. The van der Waals surface area contributed by atoms with Crippen molar-refractivity contribution in [3.8, 4) is 10.6 Å². The molecule has 2 heterocycles. The Labute approximate surface area is 213 Å². The zero-order valence-electron chi connectivity index (χ0n) is 20.1. The van der Waals surface area contributed by atoms with Gasteiger partial charge in [-0.2, -0.15) is 0 Å². The first-order valence-corrected chi connectivity index (χ1v) is 12.6. The van der Waals surface area contributed by atoms with Crippen molar-refractivity contribution >= 4 is 33.8 Å². The normalized spacial score (nSPS) is 15.8. The van der Waals surface area contributed by atoms with E-state index in [0.29, 0.717) is 30.1 Å². The SMILES string of the molecule is COCCCN1C(=O)C(O)=C(C(=O)c2sc(-c3ccccc3)nc2C)C1c1cccc2ccccc12. The number of aliphatic hydroxyl groups is 1. The lowest BCUT2D eigenvalue weighted by Crippen LogP contribution is -2.32. The van der Waals surface area contributed by atoms with Crippen LogP contribution in [0.5, 0.6) is 0 Å². The number of fused-ring (bicyclic) bond motifs is 1. The summed E-state index contributed by atoms with van der Waals surface area (Å²) in [5.74, 6) is -1.41. The number of aromatic nitrogens is 1. The number of Topliss-reactive ketones (excluding diaryl/α,β-unsaturated/α-hetero) is 1. The molecule has 1 N–H and O–H groups in total. The second-order valence-corrected chi connectivity index (χ2v) is 9.71. The molecular weight excluding hydrogens is 472 g/mol. The van der Waals surface area contributed by atoms with Crippen LogP contribution in [-0.4, -0.2) is 46.9 Å². The molecule has 1 aliphatic heterocycles. The quantitative estimate of drug-likeness (QED) is 0.242. The summed E-state index contributed by atoms with van der Waals surface area (Å²) < 4.78 is 5.19. The van der Waals surface area contributed by atoms with E-state index in [0.717, 1.165) is 26.9 Å². The zero-order valence-corrected chi connectivity index (χ0v) is 20.9.